The average molecular weight is 257 g/mol. The number of hydrogen-bond acceptors (Lipinski definition) is 3. The highest BCUT2D eigenvalue weighted by Gasteiger charge is 2.38. The molecule has 1 heterocycles. The number of rotatable bonds is 0. The lowest BCUT2D eigenvalue weighted by molar-refractivity contribution is -0.192. The standard InChI is InChI=1S/C7H13NO2.C2HF3O2/c1-6-5-10-4-3-8(6)7(2)9;3-2(4,5)1(6)7/h6H,3-5H2,1-2H3;(H,6,7). The van der Waals surface area contributed by atoms with Gasteiger partial charge in [-0.15, -0.1) is 0 Å². The van der Waals surface area contributed by atoms with E-state index in [0.717, 1.165) is 6.54 Å². The van der Waals surface area contributed by atoms with E-state index in [-0.39, 0.29) is 11.9 Å². The quantitative estimate of drug-likeness (QED) is 0.699. The topological polar surface area (TPSA) is 66.8 Å². The minimum absolute atomic E-state index is 0.149. The molecule has 0 aromatic carbocycles. The van der Waals surface area contributed by atoms with Crippen molar-refractivity contribution in [2.75, 3.05) is 19.8 Å². The number of carboxylic acids is 1. The predicted octanol–water partition coefficient (Wildman–Crippen LogP) is 0.887. The summed E-state index contributed by atoms with van der Waals surface area (Å²) in [5.74, 6) is -2.61. The van der Waals surface area contributed by atoms with Gasteiger partial charge in [0, 0.05) is 13.5 Å². The summed E-state index contributed by atoms with van der Waals surface area (Å²) in [7, 11) is 0. The van der Waals surface area contributed by atoms with Gasteiger partial charge in [0.15, 0.2) is 0 Å². The fourth-order valence-corrected chi connectivity index (χ4v) is 1.19. The number of nitrogens with zero attached hydrogens (tertiary/aromatic N) is 1. The Bertz CT molecular complexity index is 280. The van der Waals surface area contributed by atoms with Crippen LogP contribution in [0.25, 0.3) is 0 Å². The first-order valence-electron chi connectivity index (χ1n) is 4.81. The van der Waals surface area contributed by atoms with E-state index in [1.165, 1.54) is 0 Å². The number of hydrogen-bond donors (Lipinski definition) is 1. The zero-order valence-electron chi connectivity index (χ0n) is 9.45. The maximum absolute atomic E-state index is 10.9. The van der Waals surface area contributed by atoms with Crippen LogP contribution in [0.2, 0.25) is 0 Å². The largest absolute Gasteiger partial charge is 0.490 e. The van der Waals surface area contributed by atoms with Gasteiger partial charge in [-0.2, -0.15) is 13.2 Å². The number of halogens is 3. The Kier molecular flexibility index (Phi) is 5.94. The van der Waals surface area contributed by atoms with Crippen molar-refractivity contribution in [2.45, 2.75) is 26.1 Å². The number of carbonyl (C=O) groups is 2. The van der Waals surface area contributed by atoms with Crippen LogP contribution >= 0.6 is 0 Å². The van der Waals surface area contributed by atoms with Crippen molar-refractivity contribution < 1.29 is 32.6 Å². The van der Waals surface area contributed by atoms with Crippen molar-refractivity contribution in [3.8, 4) is 0 Å². The summed E-state index contributed by atoms with van der Waals surface area (Å²) in [5, 5.41) is 7.12. The number of morpholine rings is 1. The Morgan fingerprint density at radius 3 is 2.12 bits per heavy atom. The van der Waals surface area contributed by atoms with Gasteiger partial charge in [0.1, 0.15) is 0 Å². The van der Waals surface area contributed by atoms with Crippen LogP contribution in [0.5, 0.6) is 0 Å². The average Bonchev–Trinajstić information content (AvgIpc) is 2.17. The van der Waals surface area contributed by atoms with E-state index in [0.29, 0.717) is 13.2 Å². The highest BCUT2D eigenvalue weighted by molar-refractivity contribution is 5.73. The van der Waals surface area contributed by atoms with Crippen LogP contribution < -0.4 is 0 Å². The lowest BCUT2D eigenvalue weighted by Crippen LogP contribution is -2.46. The third-order valence-electron chi connectivity index (χ3n) is 2.01. The maximum atomic E-state index is 10.9. The summed E-state index contributed by atoms with van der Waals surface area (Å²) >= 11 is 0. The van der Waals surface area contributed by atoms with Gasteiger partial charge < -0.3 is 14.7 Å². The minimum Gasteiger partial charge on any atom is -0.475 e. The summed E-state index contributed by atoms with van der Waals surface area (Å²) in [4.78, 5) is 21.6. The lowest BCUT2D eigenvalue weighted by Gasteiger charge is -2.32. The molecule has 8 heteroatoms. The number of carboxylic acid groups (broad SMARTS) is 1. The molecule has 1 amide bonds. The Balaban J connectivity index is 0.000000325. The van der Waals surface area contributed by atoms with E-state index >= 15 is 0 Å². The van der Waals surface area contributed by atoms with Crippen LogP contribution in [0.1, 0.15) is 13.8 Å². The second-order valence-electron chi connectivity index (χ2n) is 3.44. The van der Waals surface area contributed by atoms with Crippen molar-refractivity contribution in [2.24, 2.45) is 0 Å². The monoisotopic (exact) mass is 257 g/mol. The molecule has 0 aliphatic carbocycles. The smallest absolute Gasteiger partial charge is 0.475 e. The van der Waals surface area contributed by atoms with Gasteiger partial charge in [-0.05, 0) is 6.92 Å². The molecule has 1 saturated heterocycles. The first-order chi connectivity index (χ1) is 7.66. The van der Waals surface area contributed by atoms with Crippen LogP contribution in [0.15, 0.2) is 0 Å². The van der Waals surface area contributed by atoms with Crippen molar-refractivity contribution in [1.29, 1.82) is 0 Å². The van der Waals surface area contributed by atoms with E-state index in [9.17, 15) is 18.0 Å². The normalized spacial score (nSPS) is 20.3. The van der Waals surface area contributed by atoms with Gasteiger partial charge in [-0.3, -0.25) is 4.79 Å². The molecule has 100 valence electrons. The second kappa shape index (κ2) is 6.43. The molecule has 5 nitrogen and oxygen atoms in total. The highest BCUT2D eigenvalue weighted by Crippen LogP contribution is 2.13. The first kappa shape index (κ1) is 15.7. The number of ether oxygens (including phenoxy) is 1. The van der Waals surface area contributed by atoms with Gasteiger partial charge >= 0.3 is 12.1 Å². The van der Waals surface area contributed by atoms with Crippen LogP contribution in [0.3, 0.4) is 0 Å². The number of aliphatic carboxylic acids is 1. The molecule has 0 aromatic heterocycles. The molecule has 1 fully saturated rings. The molecule has 1 atom stereocenters. The van der Waals surface area contributed by atoms with E-state index in [4.69, 9.17) is 14.6 Å². The molecule has 1 aliphatic rings. The number of alkyl halides is 3. The summed E-state index contributed by atoms with van der Waals surface area (Å²) < 4.78 is 36.9. The number of carbonyl (C=O) groups excluding carboxylic acids is 1. The fraction of sp³-hybridized carbons (Fsp3) is 0.778. The molecule has 0 bridgehead atoms. The third-order valence-corrected chi connectivity index (χ3v) is 2.01. The van der Waals surface area contributed by atoms with E-state index in [1.54, 1.807) is 6.92 Å². The van der Waals surface area contributed by atoms with E-state index in [2.05, 4.69) is 0 Å². The molecule has 1 unspecified atom stereocenters. The maximum Gasteiger partial charge on any atom is 0.490 e. The van der Waals surface area contributed by atoms with Crippen molar-refractivity contribution in [3.05, 3.63) is 0 Å². The minimum atomic E-state index is -5.08. The van der Waals surface area contributed by atoms with Crippen LogP contribution in [-0.4, -0.2) is 53.9 Å². The van der Waals surface area contributed by atoms with Crippen LogP contribution in [0.4, 0.5) is 13.2 Å². The van der Waals surface area contributed by atoms with Gasteiger partial charge in [-0.25, -0.2) is 4.79 Å². The molecular formula is C9H14F3NO4. The van der Waals surface area contributed by atoms with Gasteiger partial charge in [0.2, 0.25) is 5.91 Å². The van der Waals surface area contributed by atoms with Crippen LogP contribution in [0, 0.1) is 0 Å². The van der Waals surface area contributed by atoms with E-state index < -0.39 is 12.1 Å². The molecular weight excluding hydrogens is 243 g/mol. The highest BCUT2D eigenvalue weighted by atomic mass is 19.4. The van der Waals surface area contributed by atoms with Gasteiger partial charge in [0.25, 0.3) is 0 Å². The lowest BCUT2D eigenvalue weighted by atomic mass is 10.2. The summed E-state index contributed by atoms with van der Waals surface area (Å²) in [6, 6.07) is 0.256. The van der Waals surface area contributed by atoms with Crippen molar-refractivity contribution >= 4 is 11.9 Å². The Labute approximate surface area is 96.1 Å². The molecule has 17 heavy (non-hydrogen) atoms. The number of amides is 1. The summed E-state index contributed by atoms with van der Waals surface area (Å²) in [6.07, 6.45) is -5.08. The molecule has 1 N–H and O–H groups in total. The fourth-order valence-electron chi connectivity index (χ4n) is 1.19. The third kappa shape index (κ3) is 6.10. The van der Waals surface area contributed by atoms with Crippen molar-refractivity contribution in [3.63, 3.8) is 0 Å². The van der Waals surface area contributed by atoms with Gasteiger partial charge in [-0.1, -0.05) is 0 Å². The van der Waals surface area contributed by atoms with Crippen molar-refractivity contribution in [1.82, 2.24) is 4.90 Å². The summed E-state index contributed by atoms with van der Waals surface area (Å²) in [5.41, 5.74) is 0. The SMILES string of the molecule is CC(=O)N1CCOCC1C.O=C(O)C(F)(F)F. The molecule has 1 rings (SSSR count). The zero-order valence-corrected chi connectivity index (χ0v) is 9.45. The first-order valence-corrected chi connectivity index (χ1v) is 4.81. The van der Waals surface area contributed by atoms with E-state index in [1.807, 2.05) is 11.8 Å². The Morgan fingerprint density at radius 2 is 1.88 bits per heavy atom. The molecule has 0 spiro atoms. The molecule has 1 aliphatic heterocycles. The second-order valence-corrected chi connectivity index (χ2v) is 3.44. The Morgan fingerprint density at radius 1 is 1.41 bits per heavy atom. The molecule has 0 saturated carbocycles. The van der Waals surface area contributed by atoms with Crippen LogP contribution in [-0.2, 0) is 14.3 Å². The molecule has 0 radical (unpaired) electrons. The predicted molar refractivity (Wildman–Crippen MR) is 51.4 cm³/mol. The van der Waals surface area contributed by atoms with Gasteiger partial charge in [0.05, 0.1) is 19.3 Å². The molecule has 0 aromatic rings. The Hall–Kier alpha value is -1.31. The zero-order chi connectivity index (χ0) is 13.6. The summed E-state index contributed by atoms with van der Waals surface area (Å²) in [6.45, 7) is 5.71.